The van der Waals surface area contributed by atoms with Crippen LogP contribution in [0.4, 0.5) is 0 Å². The summed E-state index contributed by atoms with van der Waals surface area (Å²) in [6, 6.07) is 0.180. The average Bonchev–Trinajstić information content (AvgIpc) is 2.93. The predicted molar refractivity (Wildman–Crippen MR) is 79.6 cm³/mol. The number of amides is 1. The number of carboxylic acids is 1. The lowest BCUT2D eigenvalue weighted by molar-refractivity contribution is 0.0690. The van der Waals surface area contributed by atoms with E-state index in [9.17, 15) is 9.59 Å². The third kappa shape index (κ3) is 2.70. The first-order chi connectivity index (χ1) is 9.45. The highest BCUT2D eigenvalue weighted by Crippen LogP contribution is 2.29. The number of H-pyrrole nitrogens is 1. The van der Waals surface area contributed by atoms with Crippen LogP contribution in [0.2, 0.25) is 0 Å². The molecule has 1 saturated carbocycles. The van der Waals surface area contributed by atoms with Crippen LogP contribution < -0.4 is 5.32 Å². The van der Waals surface area contributed by atoms with Gasteiger partial charge in [-0.05, 0) is 38.5 Å². The Bertz CT molecular complexity index is 539. The quantitative estimate of drug-likeness (QED) is 0.796. The molecule has 1 aliphatic carbocycles. The molecule has 0 aromatic carbocycles. The minimum atomic E-state index is -1.03. The number of thioether (sulfide) groups is 1. The minimum Gasteiger partial charge on any atom is -0.477 e. The van der Waals surface area contributed by atoms with Gasteiger partial charge in [-0.2, -0.15) is 11.8 Å². The Morgan fingerprint density at radius 2 is 2.05 bits per heavy atom. The van der Waals surface area contributed by atoms with E-state index in [1.165, 1.54) is 0 Å². The summed E-state index contributed by atoms with van der Waals surface area (Å²) in [5.74, 6) is -1.21. The van der Waals surface area contributed by atoms with Crippen molar-refractivity contribution in [3.63, 3.8) is 0 Å². The van der Waals surface area contributed by atoms with Crippen molar-refractivity contribution in [3.05, 3.63) is 22.5 Å². The molecule has 1 amide bonds. The van der Waals surface area contributed by atoms with Gasteiger partial charge in [0.05, 0.1) is 5.56 Å². The number of nitrogens with one attached hydrogen (secondary N) is 2. The average molecular weight is 296 g/mol. The molecular weight excluding hydrogens is 276 g/mol. The van der Waals surface area contributed by atoms with E-state index < -0.39 is 5.97 Å². The fourth-order valence-corrected chi connectivity index (χ4v) is 3.85. The molecule has 3 N–H and O–H groups in total. The van der Waals surface area contributed by atoms with Crippen molar-refractivity contribution >= 4 is 23.6 Å². The van der Waals surface area contributed by atoms with Gasteiger partial charge in [0.1, 0.15) is 5.69 Å². The second-order valence-corrected chi connectivity index (χ2v) is 6.29. The van der Waals surface area contributed by atoms with Crippen molar-refractivity contribution in [3.8, 4) is 0 Å². The molecule has 0 bridgehead atoms. The van der Waals surface area contributed by atoms with Crippen molar-refractivity contribution in [2.75, 3.05) is 6.26 Å². The van der Waals surface area contributed by atoms with Gasteiger partial charge in [-0.1, -0.05) is 6.42 Å². The smallest absolute Gasteiger partial charge is 0.352 e. The molecule has 1 aromatic rings. The molecule has 2 unspecified atom stereocenters. The number of rotatable bonds is 4. The number of aryl methyl sites for hydroxylation is 1. The first kappa shape index (κ1) is 15.0. The molecule has 1 aromatic heterocycles. The largest absolute Gasteiger partial charge is 0.477 e. The minimum absolute atomic E-state index is 0.0977. The zero-order valence-corrected chi connectivity index (χ0v) is 12.8. The molecule has 0 spiro atoms. The molecule has 1 heterocycles. The SMILES string of the molecule is CSC1CCCC1NC(=O)c1c(C)[nH]c(C(=O)O)c1C. The van der Waals surface area contributed by atoms with Crippen LogP contribution in [-0.4, -0.2) is 39.5 Å². The van der Waals surface area contributed by atoms with Gasteiger partial charge in [-0.15, -0.1) is 0 Å². The normalized spacial score (nSPS) is 21.9. The molecule has 1 aliphatic rings. The lowest BCUT2D eigenvalue weighted by Crippen LogP contribution is -2.39. The summed E-state index contributed by atoms with van der Waals surface area (Å²) in [5.41, 5.74) is 1.68. The van der Waals surface area contributed by atoms with E-state index in [-0.39, 0.29) is 17.6 Å². The van der Waals surface area contributed by atoms with E-state index in [0.29, 0.717) is 22.1 Å². The molecule has 0 radical (unpaired) electrons. The van der Waals surface area contributed by atoms with Crippen LogP contribution in [-0.2, 0) is 0 Å². The Morgan fingerprint density at radius 1 is 1.35 bits per heavy atom. The molecule has 0 saturated heterocycles. The number of hydrogen-bond acceptors (Lipinski definition) is 3. The van der Waals surface area contributed by atoms with Crippen LogP contribution in [0, 0.1) is 13.8 Å². The lowest BCUT2D eigenvalue weighted by Gasteiger charge is -2.19. The Morgan fingerprint density at radius 3 is 2.60 bits per heavy atom. The van der Waals surface area contributed by atoms with Crippen molar-refractivity contribution < 1.29 is 14.7 Å². The summed E-state index contributed by atoms with van der Waals surface area (Å²) in [6.45, 7) is 3.40. The van der Waals surface area contributed by atoms with Gasteiger partial charge in [0.2, 0.25) is 0 Å². The standard InChI is InChI=1S/C14H20N2O3S/c1-7-11(8(2)15-12(7)14(18)19)13(17)16-9-5-4-6-10(9)20-3/h9-10,15H,4-6H2,1-3H3,(H,16,17)(H,18,19). The maximum absolute atomic E-state index is 12.4. The number of hydrogen-bond donors (Lipinski definition) is 3. The highest BCUT2D eigenvalue weighted by atomic mass is 32.2. The van der Waals surface area contributed by atoms with E-state index in [0.717, 1.165) is 19.3 Å². The van der Waals surface area contributed by atoms with E-state index in [2.05, 4.69) is 16.6 Å². The van der Waals surface area contributed by atoms with Gasteiger partial charge in [-0.3, -0.25) is 4.79 Å². The maximum atomic E-state index is 12.4. The Balaban J connectivity index is 2.19. The summed E-state index contributed by atoms with van der Waals surface area (Å²) < 4.78 is 0. The molecule has 5 nitrogen and oxygen atoms in total. The molecule has 110 valence electrons. The summed E-state index contributed by atoms with van der Waals surface area (Å²) >= 11 is 1.78. The zero-order valence-electron chi connectivity index (χ0n) is 11.9. The van der Waals surface area contributed by atoms with Gasteiger partial charge >= 0.3 is 5.97 Å². The summed E-state index contributed by atoms with van der Waals surface area (Å²) in [7, 11) is 0. The monoisotopic (exact) mass is 296 g/mol. The lowest BCUT2D eigenvalue weighted by atomic mass is 10.1. The van der Waals surface area contributed by atoms with Crippen molar-refractivity contribution in [2.45, 2.75) is 44.4 Å². The second kappa shape index (κ2) is 5.91. The van der Waals surface area contributed by atoms with E-state index in [4.69, 9.17) is 5.11 Å². The fourth-order valence-electron chi connectivity index (χ4n) is 2.92. The van der Waals surface area contributed by atoms with Crippen LogP contribution in [0.15, 0.2) is 0 Å². The fraction of sp³-hybridized carbons (Fsp3) is 0.571. The van der Waals surface area contributed by atoms with Gasteiger partial charge in [0, 0.05) is 17.0 Å². The van der Waals surface area contributed by atoms with Crippen molar-refractivity contribution in [1.82, 2.24) is 10.3 Å². The Hall–Kier alpha value is -1.43. The van der Waals surface area contributed by atoms with Crippen LogP contribution in [0.25, 0.3) is 0 Å². The van der Waals surface area contributed by atoms with Gasteiger partial charge in [-0.25, -0.2) is 4.79 Å². The molecule has 0 aliphatic heterocycles. The predicted octanol–water partition coefficient (Wildman–Crippen LogP) is 2.34. The third-order valence-corrected chi connectivity index (χ3v) is 5.12. The molecule has 2 rings (SSSR count). The number of aromatic nitrogens is 1. The number of aromatic amines is 1. The van der Waals surface area contributed by atoms with Crippen molar-refractivity contribution in [1.29, 1.82) is 0 Å². The Labute approximate surface area is 122 Å². The number of aromatic carboxylic acids is 1. The van der Waals surface area contributed by atoms with Gasteiger partial charge in [0.25, 0.3) is 5.91 Å². The van der Waals surface area contributed by atoms with Gasteiger partial charge in [0.15, 0.2) is 0 Å². The van der Waals surface area contributed by atoms with E-state index >= 15 is 0 Å². The van der Waals surface area contributed by atoms with Crippen molar-refractivity contribution in [2.24, 2.45) is 0 Å². The summed E-state index contributed by atoms with van der Waals surface area (Å²) in [6.07, 6.45) is 5.30. The molecule has 2 atom stereocenters. The van der Waals surface area contributed by atoms with Crippen LogP contribution in [0.5, 0.6) is 0 Å². The number of carboxylic acid groups (broad SMARTS) is 1. The third-order valence-electron chi connectivity index (χ3n) is 3.95. The van der Waals surface area contributed by atoms with E-state index in [1.54, 1.807) is 25.6 Å². The summed E-state index contributed by atoms with van der Waals surface area (Å²) in [5, 5.41) is 12.6. The first-order valence-corrected chi connectivity index (χ1v) is 8.00. The summed E-state index contributed by atoms with van der Waals surface area (Å²) in [4.78, 5) is 26.3. The van der Waals surface area contributed by atoms with E-state index in [1.807, 2.05) is 0 Å². The molecular formula is C14H20N2O3S. The second-order valence-electron chi connectivity index (χ2n) is 5.22. The topological polar surface area (TPSA) is 82.2 Å². The van der Waals surface area contributed by atoms with Crippen LogP contribution in [0.3, 0.4) is 0 Å². The first-order valence-electron chi connectivity index (χ1n) is 6.71. The maximum Gasteiger partial charge on any atom is 0.352 e. The van der Waals surface area contributed by atoms with Gasteiger partial charge < -0.3 is 15.4 Å². The number of carbonyl (C=O) groups is 2. The molecule has 6 heteroatoms. The highest BCUT2D eigenvalue weighted by molar-refractivity contribution is 7.99. The molecule has 1 fully saturated rings. The van der Waals surface area contributed by atoms with Crippen LogP contribution >= 0.6 is 11.8 Å². The van der Waals surface area contributed by atoms with Crippen LogP contribution in [0.1, 0.15) is 51.4 Å². The Kier molecular flexibility index (Phi) is 4.42. The zero-order chi connectivity index (χ0) is 14.9. The highest BCUT2D eigenvalue weighted by Gasteiger charge is 2.30. The molecule has 20 heavy (non-hydrogen) atoms. The number of carbonyl (C=O) groups excluding carboxylic acids is 1.